The van der Waals surface area contributed by atoms with Crippen molar-refractivity contribution in [3.63, 3.8) is 0 Å². The molecule has 0 radical (unpaired) electrons. The van der Waals surface area contributed by atoms with E-state index in [1.54, 1.807) is 25.1 Å². The minimum absolute atomic E-state index is 0.0521. The van der Waals surface area contributed by atoms with Crippen LogP contribution in [0.25, 0.3) is 5.65 Å². The fourth-order valence-electron chi connectivity index (χ4n) is 2.67. The van der Waals surface area contributed by atoms with Gasteiger partial charge in [0.15, 0.2) is 17.1 Å². The van der Waals surface area contributed by atoms with Gasteiger partial charge >= 0.3 is 0 Å². The van der Waals surface area contributed by atoms with Gasteiger partial charge in [-0.1, -0.05) is 6.07 Å². The molecule has 7 nitrogen and oxygen atoms in total. The van der Waals surface area contributed by atoms with E-state index in [1.165, 1.54) is 0 Å². The van der Waals surface area contributed by atoms with Gasteiger partial charge in [-0.15, -0.1) is 15.3 Å². The summed E-state index contributed by atoms with van der Waals surface area (Å²) in [6.45, 7) is 4.09. The number of fused-ring (bicyclic) bond motifs is 1. The van der Waals surface area contributed by atoms with E-state index in [2.05, 4.69) is 27.5 Å². The minimum Gasteiger partial charge on any atom is -0.493 e. The molecule has 0 saturated heterocycles. The number of ether oxygens (including phenoxy) is 2. The van der Waals surface area contributed by atoms with Crippen LogP contribution in [0.3, 0.4) is 0 Å². The van der Waals surface area contributed by atoms with Gasteiger partial charge in [0.25, 0.3) is 0 Å². The quantitative estimate of drug-likeness (QED) is 0.780. The molecule has 2 heterocycles. The molecule has 3 rings (SSSR count). The molecule has 1 unspecified atom stereocenters. The van der Waals surface area contributed by atoms with Gasteiger partial charge < -0.3 is 14.8 Å². The van der Waals surface area contributed by atoms with Crippen LogP contribution < -0.4 is 14.8 Å². The Morgan fingerprint density at radius 3 is 2.70 bits per heavy atom. The zero-order valence-electron chi connectivity index (χ0n) is 13.6. The molecule has 0 aliphatic heterocycles. The average molecular weight is 313 g/mol. The molecule has 1 aromatic carbocycles. The second-order valence-electron chi connectivity index (χ2n) is 5.23. The Morgan fingerprint density at radius 1 is 1.13 bits per heavy atom. The maximum absolute atomic E-state index is 5.47. The van der Waals surface area contributed by atoms with Gasteiger partial charge in [0.05, 0.1) is 20.3 Å². The van der Waals surface area contributed by atoms with Gasteiger partial charge in [0, 0.05) is 5.56 Å². The molecule has 3 aromatic rings. The third-order valence-electron chi connectivity index (χ3n) is 3.83. The lowest BCUT2D eigenvalue weighted by Crippen LogP contribution is -2.11. The molecule has 2 aromatic heterocycles. The van der Waals surface area contributed by atoms with Crippen molar-refractivity contribution in [1.29, 1.82) is 0 Å². The summed E-state index contributed by atoms with van der Waals surface area (Å²) >= 11 is 0. The summed E-state index contributed by atoms with van der Waals surface area (Å²) in [5.41, 5.74) is 2.87. The van der Waals surface area contributed by atoms with Crippen molar-refractivity contribution < 1.29 is 9.47 Å². The number of aromatic nitrogens is 4. The molecule has 1 N–H and O–H groups in total. The molecule has 1 atom stereocenters. The van der Waals surface area contributed by atoms with E-state index in [4.69, 9.17) is 9.47 Å². The van der Waals surface area contributed by atoms with Crippen LogP contribution >= 0.6 is 0 Å². The molecule has 0 amide bonds. The topological polar surface area (TPSA) is 73.6 Å². The highest BCUT2D eigenvalue weighted by Crippen LogP contribution is 2.35. The standard InChI is InChI=1S/C16H19N5O2/c1-10-12(5-6-13(22-3)16(10)23-4)11(2)18-14-7-8-15-19-17-9-21(15)20-14/h5-9,11H,1-4H3,(H,18,20). The van der Waals surface area contributed by atoms with Crippen LogP contribution in [0.1, 0.15) is 24.1 Å². The summed E-state index contributed by atoms with van der Waals surface area (Å²) in [5, 5.41) is 15.6. The zero-order chi connectivity index (χ0) is 16.4. The first-order valence-electron chi connectivity index (χ1n) is 7.29. The molecule has 0 aliphatic carbocycles. The van der Waals surface area contributed by atoms with Gasteiger partial charge in [-0.05, 0) is 37.6 Å². The van der Waals surface area contributed by atoms with Gasteiger partial charge in [-0.25, -0.2) is 0 Å². The summed E-state index contributed by atoms with van der Waals surface area (Å²) in [4.78, 5) is 0. The monoisotopic (exact) mass is 313 g/mol. The smallest absolute Gasteiger partial charge is 0.177 e. The highest BCUT2D eigenvalue weighted by atomic mass is 16.5. The first kappa shape index (κ1) is 15.1. The third kappa shape index (κ3) is 2.77. The van der Waals surface area contributed by atoms with E-state index < -0.39 is 0 Å². The van der Waals surface area contributed by atoms with Crippen molar-refractivity contribution in [2.24, 2.45) is 0 Å². The molecule has 0 spiro atoms. The number of benzene rings is 1. The highest BCUT2D eigenvalue weighted by Gasteiger charge is 2.16. The number of rotatable bonds is 5. The van der Waals surface area contributed by atoms with Gasteiger partial charge in [0.1, 0.15) is 12.1 Å². The van der Waals surface area contributed by atoms with Crippen LogP contribution in [0, 0.1) is 6.92 Å². The number of hydrogen-bond acceptors (Lipinski definition) is 6. The van der Waals surface area contributed by atoms with Gasteiger partial charge in [0.2, 0.25) is 0 Å². The van der Waals surface area contributed by atoms with Gasteiger partial charge in [-0.2, -0.15) is 4.52 Å². The number of nitrogens with zero attached hydrogens (tertiary/aromatic N) is 4. The Balaban J connectivity index is 1.89. The number of methoxy groups -OCH3 is 2. The van der Waals surface area contributed by atoms with Crippen LogP contribution in [0.4, 0.5) is 5.82 Å². The normalized spacial score (nSPS) is 12.2. The zero-order valence-corrected chi connectivity index (χ0v) is 13.6. The summed E-state index contributed by atoms with van der Waals surface area (Å²) < 4.78 is 12.4. The van der Waals surface area contributed by atoms with Crippen LogP contribution in [-0.2, 0) is 0 Å². The number of hydrogen-bond donors (Lipinski definition) is 1. The summed E-state index contributed by atoms with van der Waals surface area (Å²) in [6.07, 6.45) is 1.58. The van der Waals surface area contributed by atoms with E-state index in [0.29, 0.717) is 5.65 Å². The summed E-state index contributed by atoms with van der Waals surface area (Å²) in [6, 6.07) is 7.75. The molecule has 0 bridgehead atoms. The van der Waals surface area contributed by atoms with Crippen molar-refractivity contribution >= 4 is 11.5 Å². The van der Waals surface area contributed by atoms with Gasteiger partial charge in [-0.3, -0.25) is 0 Å². The predicted octanol–water partition coefficient (Wildman–Crippen LogP) is 2.62. The van der Waals surface area contributed by atoms with Crippen molar-refractivity contribution in [1.82, 2.24) is 19.8 Å². The molecule has 23 heavy (non-hydrogen) atoms. The summed E-state index contributed by atoms with van der Waals surface area (Å²) in [7, 11) is 3.28. The SMILES string of the molecule is COc1ccc(C(C)Nc2ccc3nncn3n2)c(C)c1OC. The Labute approximate surface area is 134 Å². The Morgan fingerprint density at radius 2 is 1.96 bits per heavy atom. The average Bonchev–Trinajstić information content (AvgIpc) is 3.01. The molecule has 7 heteroatoms. The largest absolute Gasteiger partial charge is 0.493 e. The lowest BCUT2D eigenvalue weighted by Gasteiger charge is -2.20. The van der Waals surface area contributed by atoms with Crippen LogP contribution in [0.2, 0.25) is 0 Å². The molecule has 0 aliphatic rings. The molecule has 0 saturated carbocycles. The first-order chi connectivity index (χ1) is 11.1. The Hall–Kier alpha value is -2.83. The molecular formula is C16H19N5O2. The Bertz CT molecular complexity index is 830. The maximum atomic E-state index is 5.47. The van der Waals surface area contributed by atoms with E-state index in [1.807, 2.05) is 31.2 Å². The van der Waals surface area contributed by atoms with Crippen molar-refractivity contribution in [2.75, 3.05) is 19.5 Å². The van der Waals surface area contributed by atoms with Crippen molar-refractivity contribution in [3.05, 3.63) is 41.7 Å². The van der Waals surface area contributed by atoms with Crippen molar-refractivity contribution in [2.45, 2.75) is 19.9 Å². The van der Waals surface area contributed by atoms with E-state index in [0.717, 1.165) is 28.4 Å². The number of anilines is 1. The number of nitrogens with one attached hydrogen (secondary N) is 1. The lowest BCUT2D eigenvalue weighted by molar-refractivity contribution is 0.352. The van der Waals surface area contributed by atoms with E-state index in [-0.39, 0.29) is 6.04 Å². The highest BCUT2D eigenvalue weighted by molar-refractivity contribution is 5.53. The molecular weight excluding hydrogens is 294 g/mol. The summed E-state index contributed by atoms with van der Waals surface area (Å²) in [5.74, 6) is 2.23. The minimum atomic E-state index is 0.0521. The fraction of sp³-hybridized carbons (Fsp3) is 0.312. The van der Waals surface area contributed by atoms with E-state index >= 15 is 0 Å². The van der Waals surface area contributed by atoms with Crippen LogP contribution in [0.15, 0.2) is 30.6 Å². The molecule has 0 fully saturated rings. The predicted molar refractivity (Wildman–Crippen MR) is 87.1 cm³/mol. The third-order valence-corrected chi connectivity index (χ3v) is 3.83. The van der Waals surface area contributed by atoms with Crippen LogP contribution in [0.5, 0.6) is 11.5 Å². The second kappa shape index (κ2) is 6.12. The second-order valence-corrected chi connectivity index (χ2v) is 5.23. The van der Waals surface area contributed by atoms with E-state index in [9.17, 15) is 0 Å². The first-order valence-corrected chi connectivity index (χ1v) is 7.29. The fourth-order valence-corrected chi connectivity index (χ4v) is 2.67. The van der Waals surface area contributed by atoms with Crippen molar-refractivity contribution in [3.8, 4) is 11.5 Å². The molecule has 120 valence electrons. The lowest BCUT2D eigenvalue weighted by atomic mass is 10.0. The Kier molecular flexibility index (Phi) is 4.01. The van der Waals surface area contributed by atoms with Crippen LogP contribution in [-0.4, -0.2) is 34.0 Å². The maximum Gasteiger partial charge on any atom is 0.177 e.